The lowest BCUT2D eigenvalue weighted by atomic mass is 10.0. The van der Waals surface area contributed by atoms with Gasteiger partial charge < -0.3 is 16.6 Å². The highest BCUT2D eigenvalue weighted by Crippen LogP contribution is 2.41. The first kappa shape index (κ1) is 21.5. The monoisotopic (exact) mass is 466 g/mol. The molecule has 0 aliphatic carbocycles. The van der Waals surface area contributed by atoms with E-state index < -0.39 is 16.4 Å². The van der Waals surface area contributed by atoms with E-state index in [2.05, 4.69) is 15.2 Å². The summed E-state index contributed by atoms with van der Waals surface area (Å²) in [4.78, 5) is 31.1. The number of benzene rings is 1. The van der Waals surface area contributed by atoms with Crippen molar-refractivity contribution >= 4 is 50.3 Å². The Kier molecular flexibility index (Phi) is 5.03. The molecule has 0 unspecified atom stereocenters. The van der Waals surface area contributed by atoms with Gasteiger partial charge in [0.1, 0.15) is 22.3 Å². The number of nitro groups is 1. The van der Waals surface area contributed by atoms with E-state index in [9.17, 15) is 25.3 Å². The summed E-state index contributed by atoms with van der Waals surface area (Å²) in [6, 6.07) is 5.87. The molecule has 0 aliphatic heterocycles. The number of hydrogen-bond donors (Lipinski definition) is 3. The van der Waals surface area contributed by atoms with E-state index in [0.29, 0.717) is 5.56 Å². The Morgan fingerprint density at radius 3 is 2.76 bits per heavy atom. The number of aryl methyl sites for hydroxylation is 2. The highest BCUT2D eigenvalue weighted by molar-refractivity contribution is 7.21. The molecular weight excluding hydrogens is 452 g/mol. The lowest BCUT2D eigenvalue weighted by Crippen LogP contribution is -2.34. The molecule has 0 bridgehead atoms. The number of hydrogen-bond acceptors (Lipinski definition) is 11. The van der Waals surface area contributed by atoms with Crippen LogP contribution in [0.25, 0.3) is 21.5 Å². The molecule has 3 heterocycles. The van der Waals surface area contributed by atoms with E-state index in [4.69, 9.17) is 16.0 Å². The third-order valence-corrected chi connectivity index (χ3v) is 5.96. The maximum absolute atomic E-state index is 13.0. The number of nitrogens with one attached hydrogen (secondary N) is 1. The number of nitriles is 1. The van der Waals surface area contributed by atoms with Crippen molar-refractivity contribution in [2.45, 2.75) is 6.92 Å². The maximum atomic E-state index is 13.0. The van der Waals surface area contributed by atoms with Gasteiger partial charge in [-0.3, -0.25) is 19.6 Å². The number of non-ortho nitro benzene ring substituents is 1. The number of nitrogens with zero attached hydrogens (tertiary/aromatic N) is 5. The number of nitrogen functional groups attached to an aromatic ring is 2. The first-order valence-corrected chi connectivity index (χ1v) is 9.96. The van der Waals surface area contributed by atoms with Crippen molar-refractivity contribution in [2.24, 2.45) is 12.0 Å². The summed E-state index contributed by atoms with van der Waals surface area (Å²) in [5, 5.41) is 36.2. The van der Waals surface area contributed by atoms with Crippen LogP contribution in [0.1, 0.15) is 16.0 Å². The molecule has 4 rings (SSSR count). The van der Waals surface area contributed by atoms with E-state index in [1.165, 1.54) is 29.9 Å². The molecule has 0 aliphatic rings. The summed E-state index contributed by atoms with van der Waals surface area (Å²) < 4.78 is 6.03. The van der Waals surface area contributed by atoms with Crippen LogP contribution in [0.2, 0.25) is 0 Å². The first-order chi connectivity index (χ1) is 15.6. The fourth-order valence-electron chi connectivity index (χ4n) is 3.28. The second kappa shape index (κ2) is 7.73. The zero-order valence-corrected chi connectivity index (χ0v) is 17.9. The molecule has 1 aromatic carbocycles. The third-order valence-electron chi connectivity index (χ3n) is 4.88. The van der Waals surface area contributed by atoms with Gasteiger partial charge in [0.2, 0.25) is 0 Å². The lowest BCUT2D eigenvalue weighted by molar-refractivity contribution is -0.730. The number of thiophene rings is 1. The van der Waals surface area contributed by atoms with Crippen molar-refractivity contribution in [3.8, 4) is 17.3 Å². The summed E-state index contributed by atoms with van der Waals surface area (Å²) in [6.45, 7) is 1.65. The van der Waals surface area contributed by atoms with Crippen LogP contribution in [0.3, 0.4) is 0 Å². The molecule has 0 radical (unpaired) electrons. The molecule has 14 heteroatoms. The number of nitro benzene ring substituents is 1. The normalized spacial score (nSPS) is 11.6. The van der Waals surface area contributed by atoms with E-state index >= 15 is 0 Å². The number of aromatic amines is 1. The first-order valence-electron chi connectivity index (χ1n) is 9.14. The van der Waals surface area contributed by atoms with Gasteiger partial charge in [-0.2, -0.15) is 5.26 Å². The van der Waals surface area contributed by atoms with Crippen LogP contribution in [0, 0.1) is 28.4 Å². The van der Waals surface area contributed by atoms with Gasteiger partial charge in [0.05, 0.1) is 32.1 Å². The minimum Gasteiger partial charge on any atom is -0.858 e. The Bertz CT molecular complexity index is 1590. The Hall–Kier alpha value is -4.77. The smallest absolute Gasteiger partial charge is 0.435 e. The van der Waals surface area contributed by atoms with Crippen LogP contribution in [-0.2, 0) is 7.05 Å². The number of aliphatic imine (C=N–C) groups is 1. The highest BCUT2D eigenvalue weighted by atomic mass is 32.1. The quantitative estimate of drug-likeness (QED) is 0.127. The molecule has 166 valence electrons. The van der Waals surface area contributed by atoms with Crippen molar-refractivity contribution in [1.82, 2.24) is 10.3 Å². The van der Waals surface area contributed by atoms with Gasteiger partial charge in [-0.1, -0.05) is 10.7 Å². The van der Waals surface area contributed by atoms with Gasteiger partial charge in [0.15, 0.2) is 7.05 Å². The highest BCUT2D eigenvalue weighted by Gasteiger charge is 2.31. The standard InChI is InChI=1S/C19H14N8O5S/c1-7-3-4-8(27(30)31)5-10(7)23-17(28)15-13(21)12-11(14-19(29)32-25-26(14)2)9(6-20)16(22)24-18(12)33-15/h3-5H,1-2H3,(H5-,21,22,23,24,25,28,29). The van der Waals surface area contributed by atoms with E-state index in [1.54, 1.807) is 6.92 Å². The zero-order chi connectivity index (χ0) is 24.0. The Labute approximate surface area is 187 Å². The number of H-pyrrole nitrogens is 1. The van der Waals surface area contributed by atoms with Gasteiger partial charge in [-0.15, -0.1) is 11.3 Å². The molecule has 0 saturated carbocycles. The van der Waals surface area contributed by atoms with Crippen LogP contribution in [0.15, 0.2) is 32.5 Å². The second-order valence-electron chi connectivity index (χ2n) is 6.92. The van der Waals surface area contributed by atoms with Crippen LogP contribution >= 0.6 is 11.3 Å². The molecule has 0 amide bonds. The van der Waals surface area contributed by atoms with Crippen molar-refractivity contribution in [3.63, 3.8) is 0 Å². The van der Waals surface area contributed by atoms with Gasteiger partial charge in [0.25, 0.3) is 5.69 Å². The third kappa shape index (κ3) is 3.42. The van der Waals surface area contributed by atoms with Crippen LogP contribution < -0.4 is 26.9 Å². The van der Waals surface area contributed by atoms with Crippen molar-refractivity contribution in [2.75, 3.05) is 11.5 Å². The molecule has 3 aromatic heterocycles. The second-order valence-corrected chi connectivity index (χ2v) is 7.92. The molecule has 13 nitrogen and oxygen atoms in total. The predicted octanol–water partition coefficient (Wildman–Crippen LogP) is 0.760. The van der Waals surface area contributed by atoms with Gasteiger partial charge in [-0.25, -0.2) is 9.78 Å². The average Bonchev–Trinajstić information content (AvgIpc) is 3.27. The Morgan fingerprint density at radius 2 is 2.15 bits per heavy atom. The number of pyridine rings is 1. The zero-order valence-electron chi connectivity index (χ0n) is 17.1. The number of nitrogens with two attached hydrogens (primary N) is 2. The predicted molar refractivity (Wildman–Crippen MR) is 117 cm³/mol. The van der Waals surface area contributed by atoms with Crippen LogP contribution in [0.4, 0.5) is 22.9 Å². The van der Waals surface area contributed by atoms with E-state index in [-0.39, 0.29) is 54.8 Å². The molecule has 0 fully saturated rings. The molecule has 0 spiro atoms. The minimum absolute atomic E-state index is 0.0262. The summed E-state index contributed by atoms with van der Waals surface area (Å²) in [6.07, 6.45) is 0. The van der Waals surface area contributed by atoms with Crippen molar-refractivity contribution < 1.29 is 19.2 Å². The summed E-state index contributed by atoms with van der Waals surface area (Å²) in [7, 11) is 1.49. The van der Waals surface area contributed by atoms with Crippen molar-refractivity contribution in [3.05, 3.63) is 54.7 Å². The topological polar surface area (TPSA) is 217 Å². The van der Waals surface area contributed by atoms with Gasteiger partial charge in [0, 0.05) is 18.0 Å². The van der Waals surface area contributed by atoms with Gasteiger partial charge >= 0.3 is 11.3 Å². The van der Waals surface area contributed by atoms with E-state index in [0.717, 1.165) is 11.3 Å². The molecular formula is C19H14N8O5S. The number of rotatable bonds is 4. The van der Waals surface area contributed by atoms with Crippen LogP contribution in [-0.4, -0.2) is 21.1 Å². The number of fused-ring (bicyclic) bond motifs is 1. The van der Waals surface area contributed by atoms with Crippen LogP contribution in [0.5, 0.6) is 0 Å². The van der Waals surface area contributed by atoms with Crippen molar-refractivity contribution in [1.29, 1.82) is 5.26 Å². The molecule has 4 aromatic rings. The maximum Gasteiger partial charge on any atom is 0.435 e. The summed E-state index contributed by atoms with van der Waals surface area (Å²) in [5.41, 5.74) is 11.7. The fourth-order valence-corrected chi connectivity index (χ4v) is 4.28. The Morgan fingerprint density at radius 1 is 1.42 bits per heavy atom. The largest absolute Gasteiger partial charge is 0.858 e. The average molecular weight is 466 g/mol. The fraction of sp³-hybridized carbons (Fsp3) is 0.105. The summed E-state index contributed by atoms with van der Waals surface area (Å²) in [5.74, 6) is -0.931. The molecule has 5 N–H and O–H groups in total. The molecule has 33 heavy (non-hydrogen) atoms. The SMILES string of the molecule is Cc1ccc([N+](=O)[O-])cc1N=C([O-])c1sc2nc(N)c(C#N)c(-c3c(=O)o[nH][n+]3C)c2c1N. The number of anilines is 2. The van der Waals surface area contributed by atoms with Gasteiger partial charge in [-0.05, 0) is 17.8 Å². The molecule has 0 saturated heterocycles. The minimum atomic E-state index is -0.781. The lowest BCUT2D eigenvalue weighted by Gasteiger charge is -2.11. The van der Waals surface area contributed by atoms with E-state index in [1.807, 2.05) is 6.07 Å². The summed E-state index contributed by atoms with van der Waals surface area (Å²) >= 11 is 0.869. The molecule has 0 atom stereocenters. The Balaban J connectivity index is 2.00. The number of aromatic nitrogens is 3.